The maximum absolute atomic E-state index is 8.70. The van der Waals surface area contributed by atoms with E-state index in [9.17, 15) is 0 Å². The number of allylic oxidation sites excluding steroid dienone is 2. The Bertz CT molecular complexity index is 562. The molecule has 0 saturated carbocycles. The molecule has 1 rings (SSSR count). The Kier molecular flexibility index (Phi) is 8.49. The second kappa shape index (κ2) is 10.1. The Labute approximate surface area is 147 Å². The number of rotatable bonds is 6. The average molecular weight is 329 g/mol. The Morgan fingerprint density at radius 1 is 1.21 bits per heavy atom. The molecule has 0 aromatic rings. The molecule has 132 valence electrons. The smallest absolute Gasteiger partial charge is 0.221 e. The van der Waals surface area contributed by atoms with Gasteiger partial charge in [-0.2, -0.15) is 5.26 Å². The van der Waals surface area contributed by atoms with E-state index in [1.807, 2.05) is 0 Å². The van der Waals surface area contributed by atoms with Crippen LogP contribution in [-0.2, 0) is 4.74 Å². The minimum atomic E-state index is 0.168. The molecule has 1 heterocycles. The lowest BCUT2D eigenvalue weighted by molar-refractivity contribution is 0.0936. The molecule has 1 aliphatic rings. The fourth-order valence-corrected chi connectivity index (χ4v) is 2.85. The van der Waals surface area contributed by atoms with Gasteiger partial charge in [-0.3, -0.25) is 0 Å². The number of nitrogens with zero attached hydrogens (tertiary/aromatic N) is 3. The summed E-state index contributed by atoms with van der Waals surface area (Å²) in [5.74, 6) is 0.680. The molecule has 4 heteroatoms. The standard InChI is InChI=1S/C20H31N3O/c1-7-22-20(19(16(4)5)17(6)15(2)3)24-18-9-13-23(14-10-18)12-8-11-21/h7,18H,1,8-10,12-14H2,2-6H3/b22-20+. The van der Waals surface area contributed by atoms with Crippen LogP contribution in [0.15, 0.2) is 40.1 Å². The summed E-state index contributed by atoms with van der Waals surface area (Å²) in [6.07, 6.45) is 4.24. The van der Waals surface area contributed by atoms with Crippen LogP contribution in [-0.4, -0.2) is 36.5 Å². The monoisotopic (exact) mass is 329 g/mol. The number of hydrogen-bond donors (Lipinski definition) is 0. The largest absolute Gasteiger partial charge is 0.474 e. The van der Waals surface area contributed by atoms with Crippen molar-refractivity contribution in [2.45, 2.75) is 60.0 Å². The van der Waals surface area contributed by atoms with E-state index in [4.69, 9.17) is 10.00 Å². The highest BCUT2D eigenvalue weighted by Gasteiger charge is 2.23. The van der Waals surface area contributed by atoms with E-state index in [0.29, 0.717) is 12.3 Å². The number of nitriles is 1. The first kappa shape index (κ1) is 20.2. The van der Waals surface area contributed by atoms with E-state index in [1.165, 1.54) is 16.7 Å². The third-order valence-electron chi connectivity index (χ3n) is 4.40. The van der Waals surface area contributed by atoms with Gasteiger partial charge in [0.05, 0.1) is 6.07 Å². The van der Waals surface area contributed by atoms with Crippen molar-refractivity contribution in [3.05, 3.63) is 35.1 Å². The highest BCUT2D eigenvalue weighted by atomic mass is 16.5. The molecule has 1 aliphatic heterocycles. The lowest BCUT2D eigenvalue weighted by Crippen LogP contribution is -2.38. The van der Waals surface area contributed by atoms with E-state index in [-0.39, 0.29) is 6.10 Å². The van der Waals surface area contributed by atoms with Crippen molar-refractivity contribution in [2.24, 2.45) is 4.99 Å². The molecule has 0 amide bonds. The van der Waals surface area contributed by atoms with Gasteiger partial charge in [-0.25, -0.2) is 4.99 Å². The summed E-state index contributed by atoms with van der Waals surface area (Å²) in [5, 5.41) is 8.70. The Morgan fingerprint density at radius 3 is 2.29 bits per heavy atom. The zero-order valence-corrected chi connectivity index (χ0v) is 15.9. The van der Waals surface area contributed by atoms with Crippen LogP contribution >= 0.6 is 0 Å². The summed E-state index contributed by atoms with van der Waals surface area (Å²) in [4.78, 5) is 6.75. The van der Waals surface area contributed by atoms with Crippen molar-refractivity contribution in [3.63, 3.8) is 0 Å². The van der Waals surface area contributed by atoms with Crippen LogP contribution in [0.5, 0.6) is 0 Å². The van der Waals surface area contributed by atoms with Crippen molar-refractivity contribution >= 4 is 5.90 Å². The van der Waals surface area contributed by atoms with Crippen LogP contribution in [0.4, 0.5) is 0 Å². The summed E-state index contributed by atoms with van der Waals surface area (Å²) in [7, 11) is 0. The molecule has 0 N–H and O–H groups in total. The zero-order valence-electron chi connectivity index (χ0n) is 15.9. The van der Waals surface area contributed by atoms with E-state index < -0.39 is 0 Å². The van der Waals surface area contributed by atoms with Crippen LogP contribution in [0.2, 0.25) is 0 Å². The van der Waals surface area contributed by atoms with Gasteiger partial charge in [0.25, 0.3) is 0 Å². The third-order valence-corrected chi connectivity index (χ3v) is 4.40. The fraction of sp³-hybridized carbons (Fsp3) is 0.600. The van der Waals surface area contributed by atoms with E-state index in [2.05, 4.69) is 57.2 Å². The van der Waals surface area contributed by atoms with E-state index in [1.54, 1.807) is 6.20 Å². The molecule has 0 bridgehead atoms. The number of aliphatic imine (C=N–C) groups is 1. The van der Waals surface area contributed by atoms with Gasteiger partial charge >= 0.3 is 0 Å². The summed E-state index contributed by atoms with van der Waals surface area (Å²) in [5.41, 5.74) is 4.75. The Hall–Kier alpha value is -1.86. The van der Waals surface area contributed by atoms with Crippen LogP contribution in [0.3, 0.4) is 0 Å². The number of ether oxygens (including phenoxy) is 1. The lowest BCUT2D eigenvalue weighted by atomic mass is 9.98. The normalized spacial score (nSPS) is 16.2. The lowest BCUT2D eigenvalue weighted by Gasteiger charge is -2.32. The SMILES string of the molecule is C=C/N=C(/OC1CCN(CCC#N)CC1)C(=C(C)C)C(C)=C(C)C. The zero-order chi connectivity index (χ0) is 18.1. The molecule has 4 nitrogen and oxygen atoms in total. The van der Waals surface area contributed by atoms with Gasteiger partial charge in [0, 0.05) is 37.8 Å². The first-order chi connectivity index (χ1) is 11.4. The summed E-state index contributed by atoms with van der Waals surface area (Å²) in [6, 6.07) is 2.21. The second-order valence-electron chi connectivity index (χ2n) is 6.68. The topological polar surface area (TPSA) is 48.6 Å². The fourth-order valence-electron chi connectivity index (χ4n) is 2.85. The maximum atomic E-state index is 8.70. The first-order valence-electron chi connectivity index (χ1n) is 8.67. The van der Waals surface area contributed by atoms with Gasteiger partial charge in [-0.15, -0.1) is 0 Å². The summed E-state index contributed by atoms with van der Waals surface area (Å²) < 4.78 is 6.27. The van der Waals surface area contributed by atoms with Gasteiger partial charge in [-0.1, -0.05) is 17.7 Å². The maximum Gasteiger partial charge on any atom is 0.221 e. The number of likely N-dealkylation sites (tertiary alicyclic amines) is 1. The number of hydrogen-bond acceptors (Lipinski definition) is 4. The molecule has 0 atom stereocenters. The third kappa shape index (κ3) is 5.98. The summed E-state index contributed by atoms with van der Waals surface area (Å²) >= 11 is 0. The highest BCUT2D eigenvalue weighted by Crippen LogP contribution is 2.24. The molecule has 0 aliphatic carbocycles. The highest BCUT2D eigenvalue weighted by molar-refractivity contribution is 5.99. The van der Waals surface area contributed by atoms with Crippen molar-refractivity contribution < 1.29 is 4.74 Å². The van der Waals surface area contributed by atoms with Crippen LogP contribution in [0.1, 0.15) is 53.9 Å². The van der Waals surface area contributed by atoms with Gasteiger partial charge < -0.3 is 9.64 Å². The Morgan fingerprint density at radius 2 is 1.83 bits per heavy atom. The minimum absolute atomic E-state index is 0.168. The summed E-state index contributed by atoms with van der Waals surface area (Å²) in [6.45, 7) is 17.1. The van der Waals surface area contributed by atoms with Crippen LogP contribution < -0.4 is 0 Å². The predicted molar refractivity (Wildman–Crippen MR) is 101 cm³/mol. The molecule has 0 spiro atoms. The molecule has 0 aromatic heterocycles. The predicted octanol–water partition coefficient (Wildman–Crippen LogP) is 4.62. The molecule has 1 saturated heterocycles. The van der Waals surface area contributed by atoms with E-state index in [0.717, 1.165) is 38.0 Å². The van der Waals surface area contributed by atoms with Gasteiger partial charge in [0.1, 0.15) is 6.10 Å². The molecule has 24 heavy (non-hydrogen) atoms. The molecule has 0 unspecified atom stereocenters. The first-order valence-corrected chi connectivity index (χ1v) is 8.67. The van der Waals surface area contributed by atoms with Gasteiger partial charge in [0.15, 0.2) is 0 Å². The van der Waals surface area contributed by atoms with E-state index >= 15 is 0 Å². The molecular weight excluding hydrogens is 298 g/mol. The van der Waals surface area contributed by atoms with Crippen molar-refractivity contribution in [1.29, 1.82) is 5.26 Å². The van der Waals surface area contributed by atoms with Crippen molar-refractivity contribution in [1.82, 2.24) is 4.90 Å². The number of piperidine rings is 1. The molecular formula is C20H31N3O. The molecule has 0 radical (unpaired) electrons. The second-order valence-corrected chi connectivity index (χ2v) is 6.68. The minimum Gasteiger partial charge on any atom is -0.474 e. The Balaban J connectivity index is 2.84. The van der Waals surface area contributed by atoms with Gasteiger partial charge in [0.2, 0.25) is 5.90 Å². The van der Waals surface area contributed by atoms with Crippen molar-refractivity contribution in [2.75, 3.05) is 19.6 Å². The van der Waals surface area contributed by atoms with Crippen LogP contribution in [0.25, 0.3) is 0 Å². The van der Waals surface area contributed by atoms with Crippen molar-refractivity contribution in [3.8, 4) is 6.07 Å². The molecule has 1 fully saturated rings. The average Bonchev–Trinajstić information content (AvgIpc) is 2.54. The quantitative estimate of drug-likeness (QED) is 0.406. The van der Waals surface area contributed by atoms with Crippen LogP contribution in [0, 0.1) is 11.3 Å². The molecule has 0 aromatic carbocycles. The van der Waals surface area contributed by atoms with Gasteiger partial charge in [-0.05, 0) is 53.0 Å².